The number of benzene rings is 1. The van der Waals surface area contributed by atoms with Crippen LogP contribution in [0.1, 0.15) is 37.7 Å². The molecule has 0 spiro atoms. The van der Waals surface area contributed by atoms with Crippen LogP contribution in [0.4, 0.5) is 0 Å². The summed E-state index contributed by atoms with van der Waals surface area (Å²) >= 11 is 0. The van der Waals surface area contributed by atoms with Crippen molar-refractivity contribution in [2.75, 3.05) is 6.54 Å². The predicted octanol–water partition coefficient (Wildman–Crippen LogP) is 4.45. The molecule has 2 atom stereocenters. The zero-order valence-electron chi connectivity index (χ0n) is 13.0. The first-order valence-corrected chi connectivity index (χ1v) is 8.33. The lowest BCUT2D eigenvalue weighted by molar-refractivity contribution is 0.193. The molecule has 0 aromatic heterocycles. The maximum absolute atomic E-state index is 11.2. The molecule has 1 aromatic rings. The van der Waals surface area contributed by atoms with E-state index >= 15 is 0 Å². The third kappa shape index (κ3) is 3.72. The van der Waals surface area contributed by atoms with E-state index in [2.05, 4.69) is 52.6 Å². The molecule has 0 radical (unpaired) electrons. The van der Waals surface area contributed by atoms with Gasteiger partial charge < -0.3 is 0 Å². The fourth-order valence-electron chi connectivity index (χ4n) is 3.60. The van der Waals surface area contributed by atoms with E-state index in [0.717, 1.165) is 45.2 Å². The van der Waals surface area contributed by atoms with Gasteiger partial charge in [0.25, 0.3) is 0 Å². The molecule has 0 amide bonds. The summed E-state index contributed by atoms with van der Waals surface area (Å²) in [5, 5.41) is 3.40. The molecule has 3 rings (SSSR count). The highest BCUT2D eigenvalue weighted by atomic mass is 16.3. The quantitative estimate of drug-likeness (QED) is 0.726. The molecule has 22 heavy (non-hydrogen) atoms. The topological polar surface area (TPSA) is 32.7 Å². The monoisotopic (exact) mass is 296 g/mol. The fraction of sp³-hybridized carbons (Fsp3) is 0.474. The van der Waals surface area contributed by atoms with Gasteiger partial charge in [0.05, 0.1) is 0 Å². The number of nitrogens with zero attached hydrogens (tertiary/aromatic N) is 2. The maximum atomic E-state index is 11.2. The third-order valence-electron chi connectivity index (χ3n) is 4.73. The van der Waals surface area contributed by atoms with Crippen LogP contribution in [0.3, 0.4) is 0 Å². The normalized spacial score (nSPS) is 24.5. The van der Waals surface area contributed by atoms with Crippen molar-refractivity contribution in [3.8, 4) is 0 Å². The zero-order valence-corrected chi connectivity index (χ0v) is 13.0. The molecule has 3 heteroatoms. The van der Waals surface area contributed by atoms with E-state index in [9.17, 15) is 4.91 Å². The van der Waals surface area contributed by atoms with Crippen molar-refractivity contribution in [1.82, 2.24) is 4.90 Å². The summed E-state index contributed by atoms with van der Waals surface area (Å²) < 4.78 is 0. The highest BCUT2D eigenvalue weighted by Crippen LogP contribution is 2.29. The summed E-state index contributed by atoms with van der Waals surface area (Å²) in [5.74, 6) is 0. The summed E-state index contributed by atoms with van der Waals surface area (Å²) in [6.45, 7) is 1.81. The van der Waals surface area contributed by atoms with Crippen LogP contribution >= 0.6 is 0 Å². The Balaban J connectivity index is 1.76. The van der Waals surface area contributed by atoms with Crippen molar-refractivity contribution >= 4 is 0 Å². The van der Waals surface area contributed by atoms with Crippen LogP contribution in [0, 0.1) is 4.91 Å². The minimum atomic E-state index is -0.0446. The molecule has 0 N–H and O–H groups in total. The standard InChI is InChI=1S/C19H24N2O/c22-20-18-12-7-13-19(18)21(14-16-8-3-1-4-9-16)15-17-10-5-2-6-11-17/h1,3-5,8-11,18-19H,2,6-7,12-15H2. The highest BCUT2D eigenvalue weighted by molar-refractivity contribution is 5.24. The van der Waals surface area contributed by atoms with Gasteiger partial charge in [-0.2, -0.15) is 4.91 Å². The molecule has 2 aliphatic carbocycles. The van der Waals surface area contributed by atoms with Crippen LogP contribution in [0.25, 0.3) is 0 Å². The molecule has 116 valence electrons. The minimum Gasteiger partial charge on any atom is -0.290 e. The number of hydrogen-bond acceptors (Lipinski definition) is 3. The summed E-state index contributed by atoms with van der Waals surface area (Å²) in [4.78, 5) is 13.6. The Hall–Kier alpha value is -1.74. The Morgan fingerprint density at radius 3 is 2.68 bits per heavy atom. The van der Waals surface area contributed by atoms with Crippen molar-refractivity contribution in [3.63, 3.8) is 0 Å². The van der Waals surface area contributed by atoms with E-state index in [-0.39, 0.29) is 12.1 Å². The lowest BCUT2D eigenvalue weighted by Gasteiger charge is -2.31. The SMILES string of the molecule is O=NC1CCCC1N(CC1=CCCC=C1)Cc1ccccc1. The highest BCUT2D eigenvalue weighted by Gasteiger charge is 2.33. The molecule has 1 aromatic carbocycles. The Morgan fingerprint density at radius 2 is 1.95 bits per heavy atom. The zero-order chi connectivity index (χ0) is 15.2. The Bertz CT molecular complexity index is 550. The van der Waals surface area contributed by atoms with E-state index in [1.807, 2.05) is 6.07 Å². The number of hydrogen-bond donors (Lipinski definition) is 0. The van der Waals surface area contributed by atoms with Crippen LogP contribution < -0.4 is 0 Å². The lowest BCUT2D eigenvalue weighted by Crippen LogP contribution is -2.40. The van der Waals surface area contributed by atoms with Gasteiger partial charge in [-0.15, -0.1) is 0 Å². The molecule has 2 unspecified atom stereocenters. The third-order valence-corrected chi connectivity index (χ3v) is 4.73. The van der Waals surface area contributed by atoms with Gasteiger partial charge >= 0.3 is 0 Å². The van der Waals surface area contributed by atoms with Crippen molar-refractivity contribution in [2.24, 2.45) is 5.18 Å². The first kappa shape index (κ1) is 15.2. The predicted molar refractivity (Wildman–Crippen MR) is 90.5 cm³/mol. The second kappa shape index (κ2) is 7.50. The fourth-order valence-corrected chi connectivity index (χ4v) is 3.60. The second-order valence-corrected chi connectivity index (χ2v) is 6.32. The van der Waals surface area contributed by atoms with Gasteiger partial charge in [-0.3, -0.25) is 4.90 Å². The first-order valence-electron chi connectivity index (χ1n) is 8.33. The van der Waals surface area contributed by atoms with Crippen LogP contribution in [-0.4, -0.2) is 23.5 Å². The van der Waals surface area contributed by atoms with Crippen molar-refractivity contribution < 1.29 is 0 Å². The number of rotatable bonds is 6. The molecule has 0 bridgehead atoms. The van der Waals surface area contributed by atoms with Gasteiger partial charge in [-0.25, -0.2) is 0 Å². The molecular formula is C19H24N2O. The Kier molecular flexibility index (Phi) is 5.17. The van der Waals surface area contributed by atoms with Gasteiger partial charge in [0.15, 0.2) is 0 Å². The van der Waals surface area contributed by atoms with Gasteiger partial charge in [0.1, 0.15) is 6.04 Å². The molecule has 2 aliphatic rings. The number of nitroso groups, excluding NO2 is 1. The van der Waals surface area contributed by atoms with Crippen molar-refractivity contribution in [3.05, 3.63) is 64.6 Å². The van der Waals surface area contributed by atoms with E-state index in [4.69, 9.17) is 0 Å². The molecule has 0 heterocycles. The van der Waals surface area contributed by atoms with Gasteiger partial charge in [-0.1, -0.05) is 53.7 Å². The minimum absolute atomic E-state index is 0.0446. The average molecular weight is 296 g/mol. The molecule has 0 aliphatic heterocycles. The Morgan fingerprint density at radius 1 is 1.09 bits per heavy atom. The smallest absolute Gasteiger partial charge is 0.107 e. The number of allylic oxidation sites excluding steroid dienone is 2. The maximum Gasteiger partial charge on any atom is 0.107 e. The second-order valence-electron chi connectivity index (χ2n) is 6.32. The first-order chi connectivity index (χ1) is 10.9. The van der Waals surface area contributed by atoms with E-state index in [1.54, 1.807) is 0 Å². The largest absolute Gasteiger partial charge is 0.290 e. The molecule has 0 saturated heterocycles. The summed E-state index contributed by atoms with van der Waals surface area (Å²) in [7, 11) is 0. The summed E-state index contributed by atoms with van der Waals surface area (Å²) in [6, 6.07) is 10.8. The molecule has 3 nitrogen and oxygen atoms in total. The van der Waals surface area contributed by atoms with Gasteiger partial charge in [0.2, 0.25) is 0 Å². The van der Waals surface area contributed by atoms with Gasteiger partial charge in [0, 0.05) is 19.1 Å². The molecular weight excluding hydrogens is 272 g/mol. The van der Waals surface area contributed by atoms with Crippen molar-refractivity contribution in [1.29, 1.82) is 0 Å². The van der Waals surface area contributed by atoms with Crippen LogP contribution in [0.5, 0.6) is 0 Å². The van der Waals surface area contributed by atoms with E-state index in [0.29, 0.717) is 0 Å². The van der Waals surface area contributed by atoms with Gasteiger partial charge in [-0.05, 0) is 43.2 Å². The molecule has 1 saturated carbocycles. The Labute approximate surface area is 132 Å². The average Bonchev–Trinajstić information content (AvgIpc) is 3.05. The van der Waals surface area contributed by atoms with Crippen molar-refractivity contribution in [2.45, 2.75) is 50.7 Å². The summed E-state index contributed by atoms with van der Waals surface area (Å²) in [5.41, 5.74) is 2.68. The lowest BCUT2D eigenvalue weighted by atomic mass is 10.0. The van der Waals surface area contributed by atoms with Crippen LogP contribution in [-0.2, 0) is 6.54 Å². The van der Waals surface area contributed by atoms with Crippen LogP contribution in [0.15, 0.2) is 59.3 Å². The molecule has 1 fully saturated rings. The van der Waals surface area contributed by atoms with Crippen LogP contribution in [0.2, 0.25) is 0 Å². The summed E-state index contributed by atoms with van der Waals surface area (Å²) in [6.07, 6.45) is 12.2. The van der Waals surface area contributed by atoms with E-state index < -0.39 is 0 Å². The van der Waals surface area contributed by atoms with E-state index in [1.165, 1.54) is 11.1 Å².